The summed E-state index contributed by atoms with van der Waals surface area (Å²) in [4.78, 5) is 2.75. The van der Waals surface area contributed by atoms with Crippen molar-refractivity contribution >= 4 is 49.6 Å². The largest absolute Gasteiger partial charge is 0.330 e. The molecule has 8 heteroatoms. The van der Waals surface area contributed by atoms with E-state index in [0.717, 1.165) is 32.6 Å². The van der Waals surface area contributed by atoms with Gasteiger partial charge in [0.2, 0.25) is 0 Å². The molecule has 0 unspecified atom stereocenters. The minimum atomic E-state index is 0. The van der Waals surface area contributed by atoms with Crippen molar-refractivity contribution in [3.63, 3.8) is 0 Å². The maximum absolute atomic E-state index is 5.51. The molecule has 0 aliphatic heterocycles. The Morgan fingerprint density at radius 2 is 0.794 bits per heavy atom. The third kappa shape index (κ3) is 37.5. The Morgan fingerprint density at radius 1 is 0.441 bits per heavy atom. The van der Waals surface area contributed by atoms with Gasteiger partial charge in [0.15, 0.2) is 0 Å². The van der Waals surface area contributed by atoms with E-state index in [9.17, 15) is 0 Å². The zero-order valence-corrected chi connectivity index (χ0v) is 25.9. The Hall–Kier alpha value is 1.00. The van der Waals surface area contributed by atoms with E-state index in [0.29, 0.717) is 0 Å². The first kappa shape index (κ1) is 45.0. The van der Waals surface area contributed by atoms with E-state index in [1.807, 2.05) is 0 Å². The van der Waals surface area contributed by atoms with Gasteiger partial charge in [0.1, 0.15) is 0 Å². The topological polar surface area (TPSA) is 53.3 Å². The maximum Gasteiger partial charge on any atom is -0.000664 e. The molecular formula is C26H62Cl4N4. The third-order valence-corrected chi connectivity index (χ3v) is 6.00. The zero-order chi connectivity index (χ0) is 22.0. The van der Waals surface area contributed by atoms with Crippen molar-refractivity contribution in [3.05, 3.63) is 0 Å². The van der Waals surface area contributed by atoms with Crippen LogP contribution < -0.4 is 16.4 Å². The first-order chi connectivity index (χ1) is 14.8. The average Bonchev–Trinajstić information content (AvgIpc) is 2.76. The summed E-state index contributed by atoms with van der Waals surface area (Å²) in [6, 6.07) is 0. The second-order valence-electron chi connectivity index (χ2n) is 9.08. The van der Waals surface area contributed by atoms with E-state index in [4.69, 9.17) is 5.73 Å². The van der Waals surface area contributed by atoms with Crippen molar-refractivity contribution in [1.82, 2.24) is 15.5 Å². The molecule has 4 nitrogen and oxygen atoms in total. The monoisotopic (exact) mass is 570 g/mol. The Morgan fingerprint density at radius 3 is 1.24 bits per heavy atom. The van der Waals surface area contributed by atoms with Crippen LogP contribution in [0.5, 0.6) is 0 Å². The highest BCUT2D eigenvalue weighted by atomic mass is 35.5. The zero-order valence-electron chi connectivity index (χ0n) is 22.6. The molecule has 0 saturated carbocycles. The molecule has 0 spiro atoms. The van der Waals surface area contributed by atoms with Gasteiger partial charge in [-0.05, 0) is 90.9 Å². The van der Waals surface area contributed by atoms with Gasteiger partial charge >= 0.3 is 0 Å². The Kier molecular flexibility index (Phi) is 54.4. The summed E-state index contributed by atoms with van der Waals surface area (Å²) in [5.74, 6) is 0. The highest BCUT2D eigenvalue weighted by molar-refractivity contribution is 5.86. The molecule has 0 rings (SSSR count). The van der Waals surface area contributed by atoms with Crippen LogP contribution in [0.4, 0.5) is 0 Å². The quantitative estimate of drug-likeness (QED) is 0.0946. The molecule has 0 aliphatic carbocycles. The van der Waals surface area contributed by atoms with Crippen molar-refractivity contribution in [2.45, 2.75) is 117 Å². The minimum absolute atomic E-state index is 0. The van der Waals surface area contributed by atoms with Gasteiger partial charge in [-0.15, -0.1) is 49.6 Å². The van der Waals surface area contributed by atoms with Crippen LogP contribution in [0.25, 0.3) is 0 Å². The lowest BCUT2D eigenvalue weighted by Gasteiger charge is -2.22. The van der Waals surface area contributed by atoms with Gasteiger partial charge in [0, 0.05) is 0 Å². The van der Waals surface area contributed by atoms with Gasteiger partial charge in [0.05, 0.1) is 0 Å². The summed E-state index contributed by atoms with van der Waals surface area (Å²) < 4.78 is 0. The van der Waals surface area contributed by atoms with Gasteiger partial charge in [-0.25, -0.2) is 0 Å². The summed E-state index contributed by atoms with van der Waals surface area (Å²) in [7, 11) is 0. The first-order valence-corrected chi connectivity index (χ1v) is 13.7. The minimum Gasteiger partial charge on any atom is -0.330 e. The number of rotatable bonds is 26. The molecule has 34 heavy (non-hydrogen) atoms. The van der Waals surface area contributed by atoms with Gasteiger partial charge < -0.3 is 21.3 Å². The fourth-order valence-corrected chi connectivity index (χ4v) is 3.97. The molecule has 0 aliphatic rings. The van der Waals surface area contributed by atoms with Crippen LogP contribution in [-0.4, -0.2) is 57.3 Å². The van der Waals surface area contributed by atoms with E-state index in [2.05, 4.69) is 29.4 Å². The molecule has 0 heterocycles. The average molecular weight is 573 g/mol. The summed E-state index contributed by atoms with van der Waals surface area (Å²) in [5.41, 5.74) is 5.51. The lowest BCUT2D eigenvalue weighted by Crippen LogP contribution is -2.30. The predicted octanol–water partition coefficient (Wildman–Crippen LogP) is 7.39. The van der Waals surface area contributed by atoms with Crippen LogP contribution in [0.15, 0.2) is 0 Å². The SMILES string of the molecule is CCCCCCCCN(CCCCCCCC)CCCNCCCCNCCCN.Cl.Cl.Cl.Cl. The van der Waals surface area contributed by atoms with E-state index in [1.165, 1.54) is 122 Å². The number of hydrogen-bond donors (Lipinski definition) is 3. The standard InChI is InChI=1S/C26H58N4.4ClH/c1-3-5-7-9-11-15-24-30(25-16-12-10-8-6-4-2)26-18-23-29-21-14-13-20-28-22-17-19-27;;;;/h28-29H,3-27H2,1-2H3;4*1H. The molecule has 0 radical (unpaired) electrons. The van der Waals surface area contributed by atoms with E-state index >= 15 is 0 Å². The summed E-state index contributed by atoms with van der Waals surface area (Å²) in [6.07, 6.45) is 21.8. The van der Waals surface area contributed by atoms with Crippen molar-refractivity contribution in [3.8, 4) is 0 Å². The Bertz CT molecular complexity index is 301. The molecule has 0 aromatic carbocycles. The van der Waals surface area contributed by atoms with Gasteiger partial charge in [-0.3, -0.25) is 0 Å². The molecule has 0 aromatic heterocycles. The molecule has 0 fully saturated rings. The van der Waals surface area contributed by atoms with Gasteiger partial charge in [-0.1, -0.05) is 78.1 Å². The summed E-state index contributed by atoms with van der Waals surface area (Å²) in [6.45, 7) is 13.8. The number of nitrogens with zero attached hydrogens (tertiary/aromatic N) is 1. The van der Waals surface area contributed by atoms with Crippen LogP contribution in [0, 0.1) is 0 Å². The Labute approximate surface area is 239 Å². The van der Waals surface area contributed by atoms with Crippen LogP contribution in [0.2, 0.25) is 0 Å². The van der Waals surface area contributed by atoms with Gasteiger partial charge in [0.25, 0.3) is 0 Å². The number of halogens is 4. The van der Waals surface area contributed by atoms with E-state index < -0.39 is 0 Å². The summed E-state index contributed by atoms with van der Waals surface area (Å²) in [5, 5.41) is 7.11. The number of nitrogens with one attached hydrogen (secondary N) is 2. The number of unbranched alkanes of at least 4 members (excludes halogenated alkanes) is 11. The van der Waals surface area contributed by atoms with Crippen LogP contribution in [-0.2, 0) is 0 Å². The van der Waals surface area contributed by atoms with Crippen LogP contribution >= 0.6 is 49.6 Å². The molecule has 0 saturated heterocycles. The lowest BCUT2D eigenvalue weighted by molar-refractivity contribution is 0.256. The lowest BCUT2D eigenvalue weighted by atomic mass is 10.1. The Balaban J connectivity index is -0.000000701. The molecule has 0 atom stereocenters. The highest BCUT2D eigenvalue weighted by Crippen LogP contribution is 2.09. The van der Waals surface area contributed by atoms with E-state index in [-0.39, 0.29) is 49.6 Å². The molecule has 0 amide bonds. The highest BCUT2D eigenvalue weighted by Gasteiger charge is 2.05. The first-order valence-electron chi connectivity index (χ1n) is 13.7. The smallest absolute Gasteiger partial charge is 0.000664 e. The predicted molar refractivity (Wildman–Crippen MR) is 165 cm³/mol. The van der Waals surface area contributed by atoms with Crippen molar-refractivity contribution in [2.75, 3.05) is 52.4 Å². The fourth-order valence-electron chi connectivity index (χ4n) is 3.97. The molecular weight excluding hydrogens is 510 g/mol. The second-order valence-corrected chi connectivity index (χ2v) is 9.08. The summed E-state index contributed by atoms with van der Waals surface area (Å²) >= 11 is 0. The third-order valence-electron chi connectivity index (χ3n) is 6.00. The molecule has 0 bridgehead atoms. The van der Waals surface area contributed by atoms with Crippen molar-refractivity contribution in [2.24, 2.45) is 5.73 Å². The van der Waals surface area contributed by atoms with Crippen molar-refractivity contribution in [1.29, 1.82) is 0 Å². The van der Waals surface area contributed by atoms with Crippen LogP contribution in [0.3, 0.4) is 0 Å². The second kappa shape index (κ2) is 41.1. The number of hydrogen-bond acceptors (Lipinski definition) is 4. The molecule has 0 aromatic rings. The maximum atomic E-state index is 5.51. The van der Waals surface area contributed by atoms with Crippen LogP contribution in [0.1, 0.15) is 117 Å². The molecule has 214 valence electrons. The van der Waals surface area contributed by atoms with Gasteiger partial charge in [-0.2, -0.15) is 0 Å². The normalized spacial score (nSPS) is 10.2. The number of nitrogens with two attached hydrogens (primary N) is 1. The van der Waals surface area contributed by atoms with E-state index in [1.54, 1.807) is 0 Å². The fraction of sp³-hybridized carbons (Fsp3) is 1.00. The molecule has 4 N–H and O–H groups in total. The van der Waals surface area contributed by atoms with Crippen molar-refractivity contribution < 1.29 is 0 Å².